The van der Waals surface area contributed by atoms with Crippen molar-refractivity contribution in [2.45, 2.75) is 20.8 Å². The molecule has 0 aromatic heterocycles. The fourth-order valence-electron chi connectivity index (χ4n) is 0.884. The molecule has 0 aliphatic heterocycles. The quantitative estimate of drug-likeness (QED) is 0.588. The SMILES string of the molecule is CC(C)(C)C(N)=Nc1c(Cl)cccc1Cl. The van der Waals surface area contributed by atoms with Gasteiger partial charge in [-0.2, -0.15) is 0 Å². The summed E-state index contributed by atoms with van der Waals surface area (Å²) in [4.78, 5) is 4.26. The Bertz CT molecular complexity index is 372. The highest BCUT2D eigenvalue weighted by Gasteiger charge is 2.16. The number of halogens is 2. The largest absolute Gasteiger partial charge is 0.387 e. The lowest BCUT2D eigenvalue weighted by Gasteiger charge is -2.17. The third kappa shape index (κ3) is 3.11. The van der Waals surface area contributed by atoms with E-state index < -0.39 is 0 Å². The summed E-state index contributed by atoms with van der Waals surface area (Å²) in [6.07, 6.45) is 0. The van der Waals surface area contributed by atoms with Gasteiger partial charge in [0.15, 0.2) is 0 Å². The van der Waals surface area contributed by atoms with Crippen LogP contribution in [-0.4, -0.2) is 5.84 Å². The van der Waals surface area contributed by atoms with Crippen LogP contribution in [0.4, 0.5) is 5.69 Å². The van der Waals surface area contributed by atoms with E-state index in [1.165, 1.54) is 0 Å². The zero-order valence-electron chi connectivity index (χ0n) is 9.01. The molecule has 2 nitrogen and oxygen atoms in total. The second-order valence-electron chi connectivity index (χ2n) is 4.32. The molecule has 2 N–H and O–H groups in total. The van der Waals surface area contributed by atoms with E-state index in [0.29, 0.717) is 21.6 Å². The molecule has 0 saturated heterocycles. The third-order valence-corrected chi connectivity index (χ3v) is 2.55. The summed E-state index contributed by atoms with van der Waals surface area (Å²) in [6.45, 7) is 5.95. The van der Waals surface area contributed by atoms with E-state index in [-0.39, 0.29) is 5.41 Å². The van der Waals surface area contributed by atoms with E-state index in [9.17, 15) is 0 Å². The van der Waals surface area contributed by atoms with Crippen molar-refractivity contribution in [1.29, 1.82) is 0 Å². The van der Waals surface area contributed by atoms with Crippen LogP contribution in [-0.2, 0) is 0 Å². The van der Waals surface area contributed by atoms with Gasteiger partial charge >= 0.3 is 0 Å². The van der Waals surface area contributed by atoms with Gasteiger partial charge in [-0.1, -0.05) is 50.0 Å². The molecule has 0 amide bonds. The predicted molar refractivity (Wildman–Crippen MR) is 67.2 cm³/mol. The molecule has 0 unspecified atom stereocenters. The Balaban J connectivity index is 3.19. The van der Waals surface area contributed by atoms with Crippen LogP contribution in [0, 0.1) is 5.41 Å². The van der Waals surface area contributed by atoms with Crippen LogP contribution in [0.2, 0.25) is 10.0 Å². The van der Waals surface area contributed by atoms with Crippen molar-refractivity contribution < 1.29 is 0 Å². The molecule has 15 heavy (non-hydrogen) atoms. The molecule has 0 radical (unpaired) electrons. The van der Waals surface area contributed by atoms with E-state index >= 15 is 0 Å². The van der Waals surface area contributed by atoms with E-state index in [1.807, 2.05) is 20.8 Å². The second-order valence-corrected chi connectivity index (χ2v) is 5.13. The lowest BCUT2D eigenvalue weighted by Crippen LogP contribution is -2.28. The maximum absolute atomic E-state index is 5.98. The zero-order chi connectivity index (χ0) is 11.6. The van der Waals surface area contributed by atoms with Gasteiger partial charge in [0.25, 0.3) is 0 Å². The van der Waals surface area contributed by atoms with E-state index in [4.69, 9.17) is 28.9 Å². The third-order valence-electron chi connectivity index (χ3n) is 1.94. The molecule has 0 fully saturated rings. The summed E-state index contributed by atoms with van der Waals surface area (Å²) in [5.41, 5.74) is 6.20. The molecule has 1 aromatic carbocycles. The normalized spacial score (nSPS) is 13.0. The monoisotopic (exact) mass is 244 g/mol. The number of nitrogens with two attached hydrogens (primary N) is 1. The van der Waals surface area contributed by atoms with Crippen molar-refractivity contribution >= 4 is 34.7 Å². The van der Waals surface area contributed by atoms with Crippen molar-refractivity contribution in [3.8, 4) is 0 Å². The van der Waals surface area contributed by atoms with Crippen molar-refractivity contribution in [2.75, 3.05) is 0 Å². The van der Waals surface area contributed by atoms with Crippen molar-refractivity contribution in [1.82, 2.24) is 0 Å². The van der Waals surface area contributed by atoms with Gasteiger partial charge in [0.2, 0.25) is 0 Å². The number of rotatable bonds is 1. The molecule has 0 heterocycles. The Kier molecular flexibility index (Phi) is 3.63. The minimum absolute atomic E-state index is 0.192. The Morgan fingerprint density at radius 3 is 2.07 bits per heavy atom. The number of hydrogen-bond donors (Lipinski definition) is 1. The fraction of sp³-hybridized carbons (Fsp3) is 0.364. The highest BCUT2D eigenvalue weighted by Crippen LogP contribution is 2.33. The van der Waals surface area contributed by atoms with Crippen LogP contribution in [0.1, 0.15) is 20.8 Å². The van der Waals surface area contributed by atoms with Crippen LogP contribution < -0.4 is 5.73 Å². The Morgan fingerprint density at radius 2 is 1.67 bits per heavy atom. The molecule has 0 saturated carbocycles. The summed E-state index contributed by atoms with van der Waals surface area (Å²) in [5, 5.41) is 1.02. The van der Waals surface area contributed by atoms with Crippen molar-refractivity contribution in [3.63, 3.8) is 0 Å². The second kappa shape index (κ2) is 4.42. The summed E-state index contributed by atoms with van der Waals surface area (Å²) in [5.74, 6) is 0.512. The van der Waals surface area contributed by atoms with Crippen LogP contribution in [0.5, 0.6) is 0 Å². The van der Waals surface area contributed by atoms with Gasteiger partial charge in [-0.05, 0) is 12.1 Å². The average molecular weight is 245 g/mol. The van der Waals surface area contributed by atoms with E-state index in [0.717, 1.165) is 0 Å². The molecule has 1 aromatic rings. The molecule has 1 rings (SSSR count). The van der Waals surface area contributed by atoms with Gasteiger partial charge in [0, 0.05) is 5.41 Å². The molecular formula is C11H14Cl2N2. The number of benzene rings is 1. The molecule has 82 valence electrons. The minimum Gasteiger partial charge on any atom is -0.387 e. The van der Waals surface area contributed by atoms with Gasteiger partial charge in [-0.25, -0.2) is 4.99 Å². The highest BCUT2D eigenvalue weighted by molar-refractivity contribution is 6.38. The first-order valence-corrected chi connectivity index (χ1v) is 5.36. The first-order valence-electron chi connectivity index (χ1n) is 4.61. The standard InChI is InChI=1S/C11H14Cl2N2/c1-11(2,3)10(14)15-9-7(12)5-4-6-8(9)13/h4-6H,1-3H3,(H2,14,15). The summed E-state index contributed by atoms with van der Waals surface area (Å²) < 4.78 is 0. The van der Waals surface area contributed by atoms with Gasteiger partial charge in [0.1, 0.15) is 11.5 Å². The van der Waals surface area contributed by atoms with E-state index in [2.05, 4.69) is 4.99 Å². The summed E-state index contributed by atoms with van der Waals surface area (Å²) in [7, 11) is 0. The molecule has 0 aliphatic carbocycles. The smallest absolute Gasteiger partial charge is 0.105 e. The number of nitrogens with zero attached hydrogens (tertiary/aromatic N) is 1. The maximum Gasteiger partial charge on any atom is 0.105 e. The highest BCUT2D eigenvalue weighted by atomic mass is 35.5. The Morgan fingerprint density at radius 1 is 1.20 bits per heavy atom. The van der Waals surface area contributed by atoms with Gasteiger partial charge < -0.3 is 5.73 Å². The molecule has 0 aliphatic rings. The number of hydrogen-bond acceptors (Lipinski definition) is 1. The van der Waals surface area contributed by atoms with Crippen LogP contribution in [0.3, 0.4) is 0 Å². The fourth-order valence-corrected chi connectivity index (χ4v) is 1.37. The van der Waals surface area contributed by atoms with Gasteiger partial charge in [-0.15, -0.1) is 0 Å². The van der Waals surface area contributed by atoms with Crippen LogP contribution in [0.25, 0.3) is 0 Å². The first kappa shape index (κ1) is 12.3. The molecule has 0 spiro atoms. The first-order chi connectivity index (χ1) is 6.82. The molecule has 4 heteroatoms. The number of aliphatic imine (C=N–C) groups is 1. The summed E-state index contributed by atoms with van der Waals surface area (Å²) >= 11 is 12.0. The van der Waals surface area contributed by atoms with Gasteiger partial charge in [0.05, 0.1) is 10.0 Å². The molecule has 0 atom stereocenters. The minimum atomic E-state index is -0.192. The van der Waals surface area contributed by atoms with Gasteiger partial charge in [-0.3, -0.25) is 0 Å². The van der Waals surface area contributed by atoms with Crippen LogP contribution >= 0.6 is 23.2 Å². The average Bonchev–Trinajstić information content (AvgIpc) is 2.09. The maximum atomic E-state index is 5.98. The lowest BCUT2D eigenvalue weighted by molar-refractivity contribution is 0.585. The van der Waals surface area contributed by atoms with E-state index in [1.54, 1.807) is 18.2 Å². The van der Waals surface area contributed by atoms with Crippen molar-refractivity contribution in [2.24, 2.45) is 16.1 Å². The molecule has 0 bridgehead atoms. The number of amidine groups is 1. The molecular weight excluding hydrogens is 231 g/mol. The Labute approximate surface area is 100 Å². The Hall–Kier alpha value is -0.730. The lowest BCUT2D eigenvalue weighted by atomic mass is 9.95. The van der Waals surface area contributed by atoms with Crippen LogP contribution in [0.15, 0.2) is 23.2 Å². The van der Waals surface area contributed by atoms with Crippen molar-refractivity contribution in [3.05, 3.63) is 28.2 Å². The predicted octanol–water partition coefficient (Wildman–Crippen LogP) is 4.03. The number of para-hydroxylation sites is 1. The zero-order valence-corrected chi connectivity index (χ0v) is 10.5. The topological polar surface area (TPSA) is 38.4 Å². The summed E-state index contributed by atoms with van der Waals surface area (Å²) in [6, 6.07) is 5.25.